The van der Waals surface area contributed by atoms with E-state index in [0.29, 0.717) is 16.7 Å². The van der Waals surface area contributed by atoms with Gasteiger partial charge in [0.2, 0.25) is 5.91 Å². The van der Waals surface area contributed by atoms with Gasteiger partial charge in [-0.2, -0.15) is 0 Å². The van der Waals surface area contributed by atoms with Crippen LogP contribution in [0.15, 0.2) is 42.5 Å². The average Bonchev–Trinajstić information content (AvgIpc) is 2.55. The minimum Gasteiger partial charge on any atom is -0.462 e. The summed E-state index contributed by atoms with van der Waals surface area (Å²) in [6.07, 6.45) is 0. The van der Waals surface area contributed by atoms with Gasteiger partial charge in [-0.15, -0.1) is 0 Å². The number of nitrogens with one attached hydrogen (secondary N) is 1. The molecule has 1 N–H and O–H groups in total. The molecule has 124 valence electrons. The molecule has 0 aliphatic heterocycles. The smallest absolute Gasteiger partial charge is 0.338 e. The van der Waals surface area contributed by atoms with Crippen molar-refractivity contribution in [3.63, 3.8) is 0 Å². The second kappa shape index (κ2) is 7.36. The van der Waals surface area contributed by atoms with Gasteiger partial charge in [0.15, 0.2) is 0 Å². The van der Waals surface area contributed by atoms with Crippen LogP contribution in [-0.4, -0.2) is 23.4 Å². The Morgan fingerprint density at radius 3 is 2.50 bits per heavy atom. The van der Waals surface area contributed by atoms with Crippen molar-refractivity contribution in [3.05, 3.63) is 58.1 Å². The molecule has 0 spiro atoms. The highest BCUT2D eigenvalue weighted by Gasteiger charge is 2.17. The Bertz CT molecular complexity index is 801. The summed E-state index contributed by atoms with van der Waals surface area (Å²) in [6.45, 7) is 3.26. The first-order chi connectivity index (χ1) is 11.4. The van der Waals surface area contributed by atoms with E-state index in [4.69, 9.17) is 4.74 Å². The molecule has 2 rings (SSSR count). The molecule has 2 aromatic carbocycles. The molecule has 0 saturated carbocycles. The van der Waals surface area contributed by atoms with Crippen molar-refractivity contribution in [1.82, 2.24) is 0 Å². The highest BCUT2D eigenvalue weighted by Crippen LogP contribution is 2.31. The molecule has 0 radical (unpaired) electrons. The van der Waals surface area contributed by atoms with Gasteiger partial charge in [-0.3, -0.25) is 14.9 Å². The van der Waals surface area contributed by atoms with Gasteiger partial charge in [-0.05, 0) is 36.2 Å². The number of nitrogens with zero attached hydrogens (tertiary/aromatic N) is 1. The monoisotopic (exact) mass is 328 g/mol. The SMILES string of the molecule is CCOC(=O)c1cccc(-c2ccc(NC(C)=O)c([N+](=O)[O-])c2)c1. The van der Waals surface area contributed by atoms with Crippen LogP contribution in [-0.2, 0) is 9.53 Å². The van der Waals surface area contributed by atoms with Gasteiger partial charge in [0.05, 0.1) is 17.1 Å². The third kappa shape index (κ3) is 3.95. The first kappa shape index (κ1) is 17.1. The summed E-state index contributed by atoms with van der Waals surface area (Å²) >= 11 is 0. The van der Waals surface area contributed by atoms with Crippen molar-refractivity contribution in [1.29, 1.82) is 0 Å². The zero-order chi connectivity index (χ0) is 17.7. The molecule has 0 aliphatic carbocycles. The minimum atomic E-state index is -0.566. The highest BCUT2D eigenvalue weighted by atomic mass is 16.6. The van der Waals surface area contributed by atoms with Crippen molar-refractivity contribution < 1.29 is 19.2 Å². The van der Waals surface area contributed by atoms with Crippen molar-refractivity contribution in [2.24, 2.45) is 0 Å². The number of hydrogen-bond donors (Lipinski definition) is 1. The fraction of sp³-hybridized carbons (Fsp3) is 0.176. The largest absolute Gasteiger partial charge is 0.462 e. The van der Waals surface area contributed by atoms with Crippen molar-refractivity contribution >= 4 is 23.3 Å². The van der Waals surface area contributed by atoms with Crippen molar-refractivity contribution in [2.75, 3.05) is 11.9 Å². The topological polar surface area (TPSA) is 98.5 Å². The maximum atomic E-state index is 11.8. The number of hydrogen-bond acceptors (Lipinski definition) is 5. The van der Waals surface area contributed by atoms with Crippen molar-refractivity contribution in [2.45, 2.75) is 13.8 Å². The molecule has 0 atom stereocenters. The van der Waals surface area contributed by atoms with E-state index in [9.17, 15) is 19.7 Å². The second-order valence-corrected chi connectivity index (χ2v) is 4.97. The number of carbonyl (C=O) groups excluding carboxylic acids is 2. The molecule has 2 aromatic rings. The molecule has 1 amide bonds. The Kier molecular flexibility index (Phi) is 5.26. The van der Waals surface area contributed by atoms with Crippen LogP contribution in [0.4, 0.5) is 11.4 Å². The Hall–Kier alpha value is -3.22. The van der Waals surface area contributed by atoms with Gasteiger partial charge in [-0.1, -0.05) is 18.2 Å². The Morgan fingerprint density at radius 1 is 1.17 bits per heavy atom. The number of amides is 1. The molecule has 0 bridgehead atoms. The lowest BCUT2D eigenvalue weighted by atomic mass is 10.0. The van der Waals surface area contributed by atoms with E-state index in [-0.39, 0.29) is 18.0 Å². The fourth-order valence-corrected chi connectivity index (χ4v) is 2.20. The lowest BCUT2D eigenvalue weighted by Gasteiger charge is -2.08. The zero-order valence-corrected chi connectivity index (χ0v) is 13.2. The van der Waals surface area contributed by atoms with Gasteiger partial charge in [0, 0.05) is 13.0 Å². The number of carbonyl (C=O) groups is 2. The molecule has 0 unspecified atom stereocenters. The maximum absolute atomic E-state index is 11.8. The van der Waals surface area contributed by atoms with E-state index >= 15 is 0 Å². The highest BCUT2D eigenvalue weighted by molar-refractivity contribution is 5.93. The quantitative estimate of drug-likeness (QED) is 0.515. The first-order valence-electron chi connectivity index (χ1n) is 7.26. The predicted octanol–water partition coefficient (Wildman–Crippen LogP) is 3.40. The summed E-state index contributed by atoms with van der Waals surface area (Å²) in [5, 5.41) is 13.7. The Labute approximate surface area is 138 Å². The molecule has 7 nitrogen and oxygen atoms in total. The van der Waals surface area contributed by atoms with E-state index in [1.807, 2.05) is 0 Å². The molecular weight excluding hydrogens is 312 g/mol. The molecule has 24 heavy (non-hydrogen) atoms. The van der Waals surface area contributed by atoms with Gasteiger partial charge in [0.25, 0.3) is 5.69 Å². The summed E-state index contributed by atoms with van der Waals surface area (Å²) in [5.74, 6) is -0.848. The maximum Gasteiger partial charge on any atom is 0.338 e. The summed E-state index contributed by atoms with van der Waals surface area (Å²) in [6, 6.07) is 11.1. The number of esters is 1. The number of nitro groups is 1. The van der Waals surface area contributed by atoms with E-state index < -0.39 is 16.8 Å². The Morgan fingerprint density at radius 2 is 1.88 bits per heavy atom. The van der Waals surface area contributed by atoms with Crippen LogP contribution in [0.5, 0.6) is 0 Å². The number of anilines is 1. The second-order valence-electron chi connectivity index (χ2n) is 4.97. The summed E-state index contributed by atoms with van der Waals surface area (Å²) in [7, 11) is 0. The van der Waals surface area contributed by atoms with Gasteiger partial charge in [0.1, 0.15) is 5.69 Å². The molecular formula is C17H16N2O5. The molecule has 0 aromatic heterocycles. The number of nitro benzene ring substituents is 1. The van der Waals surface area contributed by atoms with Crippen molar-refractivity contribution in [3.8, 4) is 11.1 Å². The number of ether oxygens (including phenoxy) is 1. The number of rotatable bonds is 5. The van der Waals surface area contributed by atoms with Gasteiger partial charge in [-0.25, -0.2) is 4.79 Å². The van der Waals surface area contributed by atoms with E-state index in [1.165, 1.54) is 19.1 Å². The minimum absolute atomic E-state index is 0.123. The summed E-state index contributed by atoms with van der Waals surface area (Å²) < 4.78 is 4.95. The summed E-state index contributed by atoms with van der Waals surface area (Å²) in [4.78, 5) is 33.6. The predicted molar refractivity (Wildman–Crippen MR) is 88.8 cm³/mol. The third-order valence-electron chi connectivity index (χ3n) is 3.21. The third-order valence-corrected chi connectivity index (χ3v) is 3.21. The van der Waals surface area contributed by atoms with Crippen LogP contribution < -0.4 is 5.32 Å². The standard InChI is InChI=1S/C17H16N2O5/c1-3-24-17(21)14-6-4-5-12(9-14)13-7-8-15(18-11(2)20)16(10-13)19(22)23/h4-10H,3H2,1-2H3,(H,18,20). The van der Waals surface area contributed by atoms with Crippen LogP contribution in [0.2, 0.25) is 0 Å². The van der Waals surface area contributed by atoms with Gasteiger partial charge < -0.3 is 10.1 Å². The number of benzene rings is 2. The molecule has 0 heterocycles. The fourth-order valence-electron chi connectivity index (χ4n) is 2.20. The van der Waals surface area contributed by atoms with Crippen LogP contribution >= 0.6 is 0 Å². The Balaban J connectivity index is 2.44. The van der Waals surface area contributed by atoms with Crippen LogP contribution in [0.1, 0.15) is 24.2 Å². The van der Waals surface area contributed by atoms with E-state index in [2.05, 4.69) is 5.32 Å². The zero-order valence-electron chi connectivity index (χ0n) is 13.2. The average molecular weight is 328 g/mol. The normalized spacial score (nSPS) is 10.1. The molecule has 0 aliphatic rings. The van der Waals surface area contributed by atoms with Gasteiger partial charge >= 0.3 is 5.97 Å². The van der Waals surface area contributed by atoms with E-state index in [0.717, 1.165) is 0 Å². The first-order valence-corrected chi connectivity index (χ1v) is 7.26. The molecule has 0 fully saturated rings. The lowest BCUT2D eigenvalue weighted by Crippen LogP contribution is -2.08. The van der Waals surface area contributed by atoms with E-state index in [1.54, 1.807) is 37.3 Å². The van der Waals surface area contributed by atoms with Crippen LogP contribution in [0.3, 0.4) is 0 Å². The van der Waals surface area contributed by atoms with Crippen LogP contribution in [0, 0.1) is 10.1 Å². The molecule has 0 saturated heterocycles. The van der Waals surface area contributed by atoms with Crippen LogP contribution in [0.25, 0.3) is 11.1 Å². The molecule has 7 heteroatoms. The summed E-state index contributed by atoms with van der Waals surface area (Å²) in [5.41, 5.74) is 1.46. The lowest BCUT2D eigenvalue weighted by molar-refractivity contribution is -0.383.